The number of nitriles is 1. The van der Waals surface area contributed by atoms with Crippen molar-refractivity contribution < 1.29 is 9.18 Å². The maximum Gasteiger partial charge on any atom is 0.253 e. The number of halogens is 1. The average Bonchev–Trinajstić information content (AvgIpc) is 2.22. The third-order valence-corrected chi connectivity index (χ3v) is 1.82. The molecule has 78 valence electrons. The Balaban J connectivity index is 2.75. The van der Waals surface area contributed by atoms with Gasteiger partial charge in [-0.05, 0) is 12.1 Å². The lowest BCUT2D eigenvalue weighted by atomic mass is 10.1. The van der Waals surface area contributed by atoms with Crippen LogP contribution in [0.15, 0.2) is 18.2 Å². The number of nitrogen functional groups attached to an aromatic ring is 1. The first-order chi connectivity index (χ1) is 7.16. The van der Waals surface area contributed by atoms with Gasteiger partial charge in [-0.15, -0.1) is 0 Å². The Morgan fingerprint density at radius 1 is 1.60 bits per heavy atom. The Labute approximate surface area is 86.5 Å². The molecule has 1 amide bonds. The fourth-order valence-electron chi connectivity index (χ4n) is 1.06. The predicted molar refractivity (Wildman–Crippen MR) is 53.4 cm³/mol. The molecule has 0 aliphatic heterocycles. The third-order valence-electron chi connectivity index (χ3n) is 1.82. The lowest BCUT2D eigenvalue weighted by molar-refractivity contribution is 0.0955. The summed E-state index contributed by atoms with van der Waals surface area (Å²) >= 11 is 0. The zero-order chi connectivity index (χ0) is 11.3. The van der Waals surface area contributed by atoms with Crippen molar-refractivity contribution in [1.29, 1.82) is 5.26 Å². The Morgan fingerprint density at radius 2 is 2.33 bits per heavy atom. The van der Waals surface area contributed by atoms with Crippen LogP contribution in [0.25, 0.3) is 0 Å². The van der Waals surface area contributed by atoms with E-state index >= 15 is 0 Å². The highest BCUT2D eigenvalue weighted by atomic mass is 19.1. The summed E-state index contributed by atoms with van der Waals surface area (Å²) in [7, 11) is 0. The van der Waals surface area contributed by atoms with Gasteiger partial charge in [0, 0.05) is 6.54 Å². The van der Waals surface area contributed by atoms with Gasteiger partial charge >= 0.3 is 0 Å². The molecule has 4 nitrogen and oxygen atoms in total. The van der Waals surface area contributed by atoms with Crippen molar-refractivity contribution in [2.24, 2.45) is 0 Å². The second-order valence-electron chi connectivity index (χ2n) is 2.87. The highest BCUT2D eigenvalue weighted by Gasteiger charge is 2.11. The van der Waals surface area contributed by atoms with Crippen molar-refractivity contribution in [2.45, 2.75) is 6.42 Å². The summed E-state index contributed by atoms with van der Waals surface area (Å²) in [6.45, 7) is 0.227. The van der Waals surface area contributed by atoms with E-state index < -0.39 is 11.7 Å². The minimum atomic E-state index is -0.622. The molecule has 1 rings (SSSR count). The van der Waals surface area contributed by atoms with Gasteiger partial charge in [-0.3, -0.25) is 4.79 Å². The van der Waals surface area contributed by atoms with Gasteiger partial charge in [-0.1, -0.05) is 6.07 Å². The molecule has 5 heteroatoms. The Kier molecular flexibility index (Phi) is 3.63. The van der Waals surface area contributed by atoms with E-state index in [9.17, 15) is 9.18 Å². The number of carbonyl (C=O) groups excluding carboxylic acids is 1. The quantitative estimate of drug-likeness (QED) is 0.574. The third kappa shape index (κ3) is 2.68. The van der Waals surface area contributed by atoms with E-state index in [1.807, 2.05) is 6.07 Å². The van der Waals surface area contributed by atoms with Crippen molar-refractivity contribution in [3.63, 3.8) is 0 Å². The number of anilines is 1. The minimum absolute atomic E-state index is 0.0907. The van der Waals surface area contributed by atoms with E-state index in [1.165, 1.54) is 18.2 Å². The molecular formula is C10H10FN3O. The van der Waals surface area contributed by atoms with Crippen LogP contribution in [0, 0.1) is 17.1 Å². The molecule has 15 heavy (non-hydrogen) atoms. The molecule has 0 aliphatic carbocycles. The molecule has 1 aromatic carbocycles. The first-order valence-corrected chi connectivity index (χ1v) is 4.36. The van der Waals surface area contributed by atoms with Crippen LogP contribution in [-0.2, 0) is 0 Å². The second-order valence-corrected chi connectivity index (χ2v) is 2.87. The van der Waals surface area contributed by atoms with Crippen molar-refractivity contribution in [1.82, 2.24) is 5.32 Å². The number of carbonyl (C=O) groups is 1. The van der Waals surface area contributed by atoms with E-state index in [2.05, 4.69) is 5.32 Å². The highest BCUT2D eigenvalue weighted by Crippen LogP contribution is 2.15. The maximum absolute atomic E-state index is 13.0. The molecule has 0 aromatic heterocycles. The summed E-state index contributed by atoms with van der Waals surface area (Å²) in [4.78, 5) is 11.4. The molecule has 0 unspecified atom stereocenters. The van der Waals surface area contributed by atoms with Crippen LogP contribution in [-0.4, -0.2) is 12.5 Å². The van der Waals surface area contributed by atoms with E-state index in [0.717, 1.165) is 0 Å². The standard InChI is InChI=1S/C10H10FN3O/c11-8-4-1-3-7(9(8)13)10(15)14-6-2-5-12/h1,3-4H,2,6,13H2,(H,14,15). The Hall–Kier alpha value is -2.09. The molecule has 0 saturated heterocycles. The molecule has 0 heterocycles. The summed E-state index contributed by atoms with van der Waals surface area (Å²) in [5.74, 6) is -1.09. The minimum Gasteiger partial charge on any atom is -0.396 e. The van der Waals surface area contributed by atoms with Gasteiger partial charge in [-0.25, -0.2) is 4.39 Å². The van der Waals surface area contributed by atoms with E-state index in [1.54, 1.807) is 0 Å². The van der Waals surface area contributed by atoms with Crippen LogP contribution in [0.2, 0.25) is 0 Å². The summed E-state index contributed by atoms with van der Waals surface area (Å²) < 4.78 is 13.0. The van der Waals surface area contributed by atoms with Gasteiger partial charge in [0.05, 0.1) is 23.7 Å². The van der Waals surface area contributed by atoms with Gasteiger partial charge in [0.1, 0.15) is 5.82 Å². The van der Waals surface area contributed by atoms with E-state index in [0.29, 0.717) is 0 Å². The molecule has 0 atom stereocenters. The second kappa shape index (κ2) is 4.96. The molecule has 0 saturated carbocycles. The normalized spacial score (nSPS) is 9.33. The Bertz CT molecular complexity index is 412. The molecule has 0 radical (unpaired) electrons. The summed E-state index contributed by atoms with van der Waals surface area (Å²) in [5, 5.41) is 10.7. The Morgan fingerprint density at radius 3 is 3.00 bits per heavy atom. The van der Waals surface area contributed by atoms with Gasteiger partial charge < -0.3 is 11.1 Å². The molecule has 0 fully saturated rings. The zero-order valence-corrected chi connectivity index (χ0v) is 7.96. The molecular weight excluding hydrogens is 197 g/mol. The van der Waals surface area contributed by atoms with Crippen LogP contribution >= 0.6 is 0 Å². The fourth-order valence-corrected chi connectivity index (χ4v) is 1.06. The smallest absolute Gasteiger partial charge is 0.253 e. The summed E-state index contributed by atoms with van der Waals surface area (Å²) in [5.41, 5.74) is 5.30. The van der Waals surface area contributed by atoms with Crippen LogP contribution in [0.5, 0.6) is 0 Å². The van der Waals surface area contributed by atoms with Gasteiger partial charge in [0.2, 0.25) is 0 Å². The van der Waals surface area contributed by atoms with Crippen LogP contribution < -0.4 is 11.1 Å². The van der Waals surface area contributed by atoms with Crippen LogP contribution in [0.1, 0.15) is 16.8 Å². The number of hydrogen-bond donors (Lipinski definition) is 2. The number of rotatable bonds is 3. The lowest BCUT2D eigenvalue weighted by Crippen LogP contribution is -2.25. The van der Waals surface area contributed by atoms with Gasteiger partial charge in [-0.2, -0.15) is 5.26 Å². The average molecular weight is 207 g/mol. The number of nitrogens with two attached hydrogens (primary N) is 1. The van der Waals surface area contributed by atoms with E-state index in [-0.39, 0.29) is 24.2 Å². The summed E-state index contributed by atoms with van der Waals surface area (Å²) in [6.07, 6.45) is 0.209. The maximum atomic E-state index is 13.0. The first kappa shape index (κ1) is 11.0. The number of nitrogens with one attached hydrogen (secondary N) is 1. The zero-order valence-electron chi connectivity index (χ0n) is 7.96. The molecule has 0 bridgehead atoms. The summed E-state index contributed by atoms with van der Waals surface area (Å²) in [6, 6.07) is 5.90. The number of nitrogens with zero attached hydrogens (tertiary/aromatic N) is 1. The highest BCUT2D eigenvalue weighted by molar-refractivity contribution is 5.99. The molecule has 0 aliphatic rings. The van der Waals surface area contributed by atoms with Crippen molar-refractivity contribution >= 4 is 11.6 Å². The number of para-hydroxylation sites is 1. The fraction of sp³-hybridized carbons (Fsp3) is 0.200. The SMILES string of the molecule is N#CCCNC(=O)c1cccc(F)c1N. The van der Waals surface area contributed by atoms with Crippen LogP contribution in [0.3, 0.4) is 0 Å². The lowest BCUT2D eigenvalue weighted by Gasteiger charge is -2.06. The molecule has 0 spiro atoms. The van der Waals surface area contributed by atoms with Gasteiger partial charge in [0.15, 0.2) is 0 Å². The monoisotopic (exact) mass is 207 g/mol. The first-order valence-electron chi connectivity index (χ1n) is 4.36. The van der Waals surface area contributed by atoms with Crippen LogP contribution in [0.4, 0.5) is 10.1 Å². The number of hydrogen-bond acceptors (Lipinski definition) is 3. The van der Waals surface area contributed by atoms with Gasteiger partial charge in [0.25, 0.3) is 5.91 Å². The number of amides is 1. The molecule has 3 N–H and O–H groups in total. The largest absolute Gasteiger partial charge is 0.396 e. The topological polar surface area (TPSA) is 78.9 Å². The van der Waals surface area contributed by atoms with E-state index in [4.69, 9.17) is 11.0 Å². The molecule has 1 aromatic rings. The number of benzene rings is 1. The van der Waals surface area contributed by atoms with Crippen molar-refractivity contribution in [3.8, 4) is 6.07 Å². The van der Waals surface area contributed by atoms with Crippen molar-refractivity contribution in [3.05, 3.63) is 29.6 Å². The predicted octanol–water partition coefficient (Wildman–Crippen LogP) is 1.05. The van der Waals surface area contributed by atoms with Crippen molar-refractivity contribution in [2.75, 3.05) is 12.3 Å².